The third kappa shape index (κ3) is 3.90. The number of carbonyl (C=O) groups is 2. The first-order chi connectivity index (χ1) is 10.5. The lowest BCUT2D eigenvalue weighted by molar-refractivity contribution is -0.136. The molecular formula is C17H15ClO3S. The molecule has 0 aliphatic rings. The molecule has 0 radical (unpaired) electrons. The molecule has 114 valence electrons. The van der Waals surface area contributed by atoms with Gasteiger partial charge in [0, 0.05) is 17.0 Å². The Morgan fingerprint density at radius 2 is 1.77 bits per heavy atom. The highest BCUT2D eigenvalue weighted by molar-refractivity contribution is 8.14. The molecular weight excluding hydrogens is 320 g/mol. The van der Waals surface area contributed by atoms with Gasteiger partial charge in [-0.2, -0.15) is 0 Å². The van der Waals surface area contributed by atoms with E-state index in [1.807, 2.05) is 30.3 Å². The summed E-state index contributed by atoms with van der Waals surface area (Å²) < 4.78 is 0. The Hall–Kier alpha value is -1.78. The van der Waals surface area contributed by atoms with Crippen molar-refractivity contribution in [2.75, 3.05) is 0 Å². The zero-order chi connectivity index (χ0) is 16.1. The predicted molar refractivity (Wildman–Crippen MR) is 90.2 cm³/mol. The Kier molecular flexibility index (Phi) is 5.63. The van der Waals surface area contributed by atoms with Gasteiger partial charge in [0.1, 0.15) is 5.25 Å². The SMILES string of the molecule is CCC(=O)SC(C(=O)O)c1ccc(-c2ccccc2Cl)cc1. The molecule has 0 fully saturated rings. The van der Waals surface area contributed by atoms with Gasteiger partial charge < -0.3 is 5.11 Å². The van der Waals surface area contributed by atoms with Crippen LogP contribution in [-0.4, -0.2) is 16.2 Å². The van der Waals surface area contributed by atoms with Gasteiger partial charge in [0.2, 0.25) is 0 Å². The molecule has 0 aliphatic heterocycles. The highest BCUT2D eigenvalue weighted by Gasteiger charge is 2.23. The first-order valence-electron chi connectivity index (χ1n) is 6.80. The van der Waals surface area contributed by atoms with Crippen LogP contribution in [0, 0.1) is 0 Å². The third-order valence-corrected chi connectivity index (χ3v) is 4.75. The van der Waals surface area contributed by atoms with E-state index in [9.17, 15) is 14.7 Å². The van der Waals surface area contributed by atoms with Gasteiger partial charge in [-0.25, -0.2) is 0 Å². The summed E-state index contributed by atoms with van der Waals surface area (Å²) in [6.45, 7) is 1.72. The molecule has 0 aromatic heterocycles. The Bertz CT molecular complexity index is 683. The van der Waals surface area contributed by atoms with Gasteiger partial charge in [-0.15, -0.1) is 0 Å². The lowest BCUT2D eigenvalue weighted by atomic mass is 10.0. The number of benzene rings is 2. The van der Waals surface area contributed by atoms with Crippen molar-refractivity contribution >= 4 is 34.4 Å². The van der Waals surface area contributed by atoms with Gasteiger partial charge in [-0.3, -0.25) is 9.59 Å². The minimum absolute atomic E-state index is 0.136. The lowest BCUT2D eigenvalue weighted by Crippen LogP contribution is -2.10. The number of rotatable bonds is 5. The maximum atomic E-state index is 11.5. The van der Waals surface area contributed by atoms with Crippen molar-refractivity contribution in [1.82, 2.24) is 0 Å². The number of halogens is 1. The van der Waals surface area contributed by atoms with Crippen molar-refractivity contribution in [2.45, 2.75) is 18.6 Å². The number of carboxylic acids is 1. The molecule has 22 heavy (non-hydrogen) atoms. The summed E-state index contributed by atoms with van der Waals surface area (Å²) in [6, 6.07) is 14.6. The van der Waals surface area contributed by atoms with Crippen molar-refractivity contribution in [3.8, 4) is 11.1 Å². The second-order valence-corrected chi connectivity index (χ2v) is 6.23. The molecule has 2 aromatic rings. The smallest absolute Gasteiger partial charge is 0.321 e. The lowest BCUT2D eigenvalue weighted by Gasteiger charge is -2.12. The van der Waals surface area contributed by atoms with Crippen LogP contribution in [0.25, 0.3) is 11.1 Å². The van der Waals surface area contributed by atoms with Gasteiger partial charge in [0.25, 0.3) is 0 Å². The third-order valence-electron chi connectivity index (χ3n) is 3.16. The van der Waals surface area contributed by atoms with E-state index in [4.69, 9.17) is 11.6 Å². The quantitative estimate of drug-likeness (QED) is 0.853. The van der Waals surface area contributed by atoms with Crippen LogP contribution in [0.1, 0.15) is 24.2 Å². The van der Waals surface area contributed by atoms with Crippen LogP contribution in [0.2, 0.25) is 5.02 Å². The zero-order valence-corrected chi connectivity index (χ0v) is 13.5. The van der Waals surface area contributed by atoms with Crippen molar-refractivity contribution in [3.05, 3.63) is 59.1 Å². The summed E-state index contributed by atoms with van der Waals surface area (Å²) in [4.78, 5) is 22.9. The van der Waals surface area contributed by atoms with Crippen LogP contribution in [0.3, 0.4) is 0 Å². The number of carboxylic acid groups (broad SMARTS) is 1. The molecule has 0 saturated heterocycles. The first-order valence-corrected chi connectivity index (χ1v) is 8.06. The van der Waals surface area contributed by atoms with Crippen molar-refractivity contribution < 1.29 is 14.7 Å². The van der Waals surface area contributed by atoms with E-state index in [0.717, 1.165) is 22.9 Å². The van der Waals surface area contributed by atoms with E-state index in [-0.39, 0.29) is 5.12 Å². The van der Waals surface area contributed by atoms with Gasteiger partial charge in [-0.05, 0) is 17.2 Å². The molecule has 0 heterocycles. The molecule has 0 saturated carbocycles. The fourth-order valence-corrected chi connectivity index (χ4v) is 3.08. The van der Waals surface area contributed by atoms with Crippen LogP contribution in [-0.2, 0) is 9.59 Å². The summed E-state index contributed by atoms with van der Waals surface area (Å²) in [5, 5.41) is 8.93. The monoisotopic (exact) mass is 334 g/mol. The summed E-state index contributed by atoms with van der Waals surface area (Å²) in [5.41, 5.74) is 2.39. The highest BCUT2D eigenvalue weighted by atomic mass is 35.5. The van der Waals surface area contributed by atoms with E-state index in [1.165, 1.54) is 0 Å². The molecule has 2 aromatic carbocycles. The number of aliphatic carboxylic acids is 1. The zero-order valence-electron chi connectivity index (χ0n) is 12.0. The van der Waals surface area contributed by atoms with Crippen LogP contribution < -0.4 is 0 Å². The molecule has 1 unspecified atom stereocenters. The molecule has 0 aliphatic carbocycles. The molecule has 1 N–H and O–H groups in total. The van der Waals surface area contributed by atoms with E-state index < -0.39 is 11.2 Å². The highest BCUT2D eigenvalue weighted by Crippen LogP contribution is 2.33. The van der Waals surface area contributed by atoms with E-state index >= 15 is 0 Å². The first kappa shape index (κ1) is 16.6. The molecule has 0 spiro atoms. The second-order valence-electron chi connectivity index (χ2n) is 4.66. The van der Waals surface area contributed by atoms with E-state index in [2.05, 4.69) is 0 Å². The van der Waals surface area contributed by atoms with E-state index in [0.29, 0.717) is 17.0 Å². The van der Waals surface area contributed by atoms with E-state index in [1.54, 1.807) is 25.1 Å². The maximum absolute atomic E-state index is 11.5. The van der Waals surface area contributed by atoms with Crippen LogP contribution in [0.4, 0.5) is 0 Å². The molecule has 1 atom stereocenters. The topological polar surface area (TPSA) is 54.4 Å². The van der Waals surface area contributed by atoms with Crippen LogP contribution in [0.15, 0.2) is 48.5 Å². The Morgan fingerprint density at radius 3 is 2.32 bits per heavy atom. The average Bonchev–Trinajstić information content (AvgIpc) is 2.53. The number of carbonyl (C=O) groups excluding carboxylic acids is 1. The fourth-order valence-electron chi connectivity index (χ4n) is 2.01. The fraction of sp³-hybridized carbons (Fsp3) is 0.176. The maximum Gasteiger partial charge on any atom is 0.321 e. The number of thioether (sulfide) groups is 1. The molecule has 5 heteroatoms. The molecule has 2 rings (SSSR count). The second kappa shape index (κ2) is 7.47. The predicted octanol–water partition coefficient (Wildman–Crippen LogP) is 4.80. The van der Waals surface area contributed by atoms with Gasteiger partial charge in [0.05, 0.1) is 0 Å². The van der Waals surface area contributed by atoms with Crippen molar-refractivity contribution in [2.24, 2.45) is 0 Å². The Balaban J connectivity index is 2.28. The standard InChI is InChI=1S/C17H15ClO3S/c1-2-15(19)22-16(17(20)21)12-9-7-11(8-10-12)13-5-3-4-6-14(13)18/h3-10,16H,2H2,1H3,(H,20,21). The normalized spacial score (nSPS) is 11.9. The van der Waals surface area contributed by atoms with Gasteiger partial charge >= 0.3 is 5.97 Å². The Labute approximate surface area is 138 Å². The van der Waals surface area contributed by atoms with Crippen molar-refractivity contribution in [1.29, 1.82) is 0 Å². The largest absolute Gasteiger partial charge is 0.480 e. The molecule has 3 nitrogen and oxygen atoms in total. The summed E-state index contributed by atoms with van der Waals surface area (Å²) in [7, 11) is 0. The van der Waals surface area contributed by atoms with Gasteiger partial charge in [0.15, 0.2) is 5.12 Å². The summed E-state index contributed by atoms with van der Waals surface area (Å²) in [5.74, 6) is -1.02. The van der Waals surface area contributed by atoms with Crippen LogP contribution in [0.5, 0.6) is 0 Å². The van der Waals surface area contributed by atoms with Gasteiger partial charge in [-0.1, -0.05) is 72.8 Å². The Morgan fingerprint density at radius 1 is 1.14 bits per heavy atom. The molecule has 0 bridgehead atoms. The number of hydrogen-bond acceptors (Lipinski definition) is 3. The summed E-state index contributed by atoms with van der Waals surface area (Å²) in [6.07, 6.45) is 0.312. The summed E-state index contributed by atoms with van der Waals surface area (Å²) >= 11 is 7.00. The van der Waals surface area contributed by atoms with Crippen LogP contribution >= 0.6 is 23.4 Å². The van der Waals surface area contributed by atoms with Crippen molar-refractivity contribution in [3.63, 3.8) is 0 Å². The minimum Gasteiger partial charge on any atom is -0.480 e. The minimum atomic E-state index is -1.02. The average molecular weight is 335 g/mol. The molecule has 0 amide bonds. The number of hydrogen-bond donors (Lipinski definition) is 1.